The number of hydrogen-bond donors (Lipinski definition) is 1. The Kier molecular flexibility index (Phi) is 8.26. The maximum atomic E-state index is 13.9. The summed E-state index contributed by atoms with van der Waals surface area (Å²) in [4.78, 5) is 33.5. The van der Waals surface area contributed by atoms with Crippen molar-refractivity contribution in [3.05, 3.63) is 132 Å². The molecule has 4 rings (SSSR count). The summed E-state index contributed by atoms with van der Waals surface area (Å²) < 4.78 is 0. The molecule has 5 nitrogen and oxygen atoms in total. The van der Waals surface area contributed by atoms with Crippen molar-refractivity contribution in [2.75, 3.05) is 4.90 Å². The highest BCUT2D eigenvalue weighted by Crippen LogP contribution is 2.32. The minimum Gasteiger partial charge on any atom is -0.347 e. The van der Waals surface area contributed by atoms with E-state index in [1.807, 2.05) is 105 Å². The summed E-state index contributed by atoms with van der Waals surface area (Å²) in [5, 5.41) is 3.11. The zero-order chi connectivity index (χ0) is 26.2. The first-order valence-electron chi connectivity index (χ1n) is 12.4. The summed E-state index contributed by atoms with van der Waals surface area (Å²) in [7, 11) is 0. The number of benzene rings is 3. The lowest BCUT2D eigenvalue weighted by molar-refractivity contribution is -0.126. The van der Waals surface area contributed by atoms with Crippen molar-refractivity contribution in [1.82, 2.24) is 10.3 Å². The van der Waals surface area contributed by atoms with Crippen molar-refractivity contribution < 1.29 is 9.59 Å². The molecule has 4 aromatic rings. The minimum absolute atomic E-state index is 0.243. The summed E-state index contributed by atoms with van der Waals surface area (Å²) in [6, 6.07) is 30.0. The largest absolute Gasteiger partial charge is 0.347 e. The lowest BCUT2D eigenvalue weighted by atomic mass is 10.0. The number of anilines is 1. The molecular weight excluding hydrogens is 458 g/mol. The quantitative estimate of drug-likeness (QED) is 0.281. The molecule has 0 fully saturated rings. The zero-order valence-corrected chi connectivity index (χ0v) is 21.3. The number of carbonyl (C=O) groups is 2. The number of nitrogens with one attached hydrogen (secondary N) is 1. The van der Waals surface area contributed by atoms with Crippen LogP contribution in [0, 0.1) is 0 Å². The van der Waals surface area contributed by atoms with Gasteiger partial charge in [0.2, 0.25) is 5.91 Å². The van der Waals surface area contributed by atoms with E-state index in [9.17, 15) is 9.59 Å². The first-order valence-corrected chi connectivity index (χ1v) is 12.4. The minimum atomic E-state index is -0.912. The first-order chi connectivity index (χ1) is 18.0. The molecule has 0 radical (unpaired) electrons. The second-order valence-corrected chi connectivity index (χ2v) is 8.89. The lowest BCUT2D eigenvalue weighted by Crippen LogP contribution is -2.45. The van der Waals surface area contributed by atoms with E-state index >= 15 is 0 Å². The smallest absolute Gasteiger partial charge is 0.254 e. The Hall–Kier alpha value is -4.51. The molecule has 1 N–H and O–H groups in total. The lowest BCUT2D eigenvalue weighted by Gasteiger charge is -2.32. The van der Waals surface area contributed by atoms with Crippen molar-refractivity contribution >= 4 is 17.5 Å². The molecule has 0 aliphatic carbocycles. The molecule has 0 aliphatic rings. The SMILES string of the molecule is C/C=C(\C)C(=O)N(c1ccc(-c2ccccc2)cc1)C(C(=O)N[C@@H](C)c1ccccc1)c1cccnc1. The maximum absolute atomic E-state index is 13.9. The van der Waals surface area contributed by atoms with E-state index in [0.29, 0.717) is 16.8 Å². The van der Waals surface area contributed by atoms with E-state index in [0.717, 1.165) is 16.7 Å². The molecule has 0 aliphatic heterocycles. The van der Waals surface area contributed by atoms with Crippen LogP contribution in [0.1, 0.15) is 44.0 Å². The molecule has 0 saturated carbocycles. The number of rotatable bonds is 8. The summed E-state index contributed by atoms with van der Waals surface area (Å²) in [6.07, 6.45) is 5.06. The van der Waals surface area contributed by atoms with Crippen LogP contribution in [-0.2, 0) is 9.59 Å². The average Bonchev–Trinajstić information content (AvgIpc) is 2.96. The molecule has 3 aromatic carbocycles. The third-order valence-electron chi connectivity index (χ3n) is 6.41. The highest BCUT2D eigenvalue weighted by Gasteiger charge is 2.34. The summed E-state index contributed by atoms with van der Waals surface area (Å²) >= 11 is 0. The highest BCUT2D eigenvalue weighted by atomic mass is 16.2. The Bertz CT molecular complexity index is 1350. The van der Waals surface area contributed by atoms with Gasteiger partial charge in [-0.2, -0.15) is 0 Å². The van der Waals surface area contributed by atoms with Gasteiger partial charge in [0, 0.05) is 29.2 Å². The molecule has 37 heavy (non-hydrogen) atoms. The number of carbonyl (C=O) groups excluding carboxylic acids is 2. The van der Waals surface area contributed by atoms with E-state index in [-0.39, 0.29) is 17.9 Å². The summed E-state index contributed by atoms with van der Waals surface area (Å²) in [5.41, 5.74) is 4.89. The Morgan fingerprint density at radius 2 is 1.41 bits per heavy atom. The molecule has 2 atom stereocenters. The average molecular weight is 490 g/mol. The van der Waals surface area contributed by atoms with Crippen LogP contribution in [0.3, 0.4) is 0 Å². The van der Waals surface area contributed by atoms with E-state index in [4.69, 9.17) is 0 Å². The molecule has 186 valence electrons. The Morgan fingerprint density at radius 1 is 0.811 bits per heavy atom. The van der Waals surface area contributed by atoms with Gasteiger partial charge in [0.25, 0.3) is 5.91 Å². The van der Waals surface area contributed by atoms with Crippen LogP contribution in [0.5, 0.6) is 0 Å². The van der Waals surface area contributed by atoms with Crippen molar-refractivity contribution in [1.29, 1.82) is 0 Å². The number of pyridine rings is 1. The molecule has 2 amide bonds. The Morgan fingerprint density at radius 3 is 2.00 bits per heavy atom. The van der Waals surface area contributed by atoms with Crippen molar-refractivity contribution in [3.8, 4) is 11.1 Å². The van der Waals surface area contributed by atoms with Crippen LogP contribution in [-0.4, -0.2) is 16.8 Å². The third-order valence-corrected chi connectivity index (χ3v) is 6.41. The number of allylic oxidation sites excluding steroid dienone is 1. The molecule has 1 unspecified atom stereocenters. The number of amides is 2. The zero-order valence-electron chi connectivity index (χ0n) is 21.3. The van der Waals surface area contributed by atoms with Gasteiger partial charge in [-0.05, 0) is 55.7 Å². The van der Waals surface area contributed by atoms with Crippen LogP contribution < -0.4 is 10.2 Å². The van der Waals surface area contributed by atoms with Crippen molar-refractivity contribution in [2.24, 2.45) is 0 Å². The van der Waals surface area contributed by atoms with E-state index in [1.165, 1.54) is 0 Å². The monoisotopic (exact) mass is 489 g/mol. The predicted octanol–water partition coefficient (Wildman–Crippen LogP) is 6.67. The van der Waals surface area contributed by atoms with Crippen LogP contribution in [0.25, 0.3) is 11.1 Å². The van der Waals surface area contributed by atoms with Crippen LogP contribution in [0.15, 0.2) is 121 Å². The van der Waals surface area contributed by atoms with E-state index in [2.05, 4.69) is 10.3 Å². The van der Waals surface area contributed by atoms with Crippen LogP contribution >= 0.6 is 0 Å². The molecule has 0 saturated heterocycles. The predicted molar refractivity (Wildman–Crippen MR) is 149 cm³/mol. The van der Waals surface area contributed by atoms with Crippen LogP contribution in [0.4, 0.5) is 5.69 Å². The second-order valence-electron chi connectivity index (χ2n) is 8.89. The van der Waals surface area contributed by atoms with Gasteiger partial charge in [-0.15, -0.1) is 0 Å². The fraction of sp³-hybridized carbons (Fsp3) is 0.156. The fourth-order valence-corrected chi connectivity index (χ4v) is 4.21. The Balaban J connectivity index is 1.77. The number of hydrogen-bond acceptors (Lipinski definition) is 3. The fourth-order valence-electron chi connectivity index (χ4n) is 4.21. The maximum Gasteiger partial charge on any atom is 0.254 e. The van der Waals surface area contributed by atoms with Gasteiger partial charge in [0.15, 0.2) is 0 Å². The third kappa shape index (κ3) is 6.01. The molecule has 5 heteroatoms. The molecule has 1 aromatic heterocycles. The first kappa shape index (κ1) is 25.6. The summed E-state index contributed by atoms with van der Waals surface area (Å²) in [5.74, 6) is -0.528. The molecule has 0 bridgehead atoms. The highest BCUT2D eigenvalue weighted by molar-refractivity contribution is 6.09. The van der Waals surface area contributed by atoms with Crippen molar-refractivity contribution in [2.45, 2.75) is 32.9 Å². The van der Waals surface area contributed by atoms with Gasteiger partial charge >= 0.3 is 0 Å². The van der Waals surface area contributed by atoms with Crippen LogP contribution in [0.2, 0.25) is 0 Å². The van der Waals surface area contributed by atoms with Crippen molar-refractivity contribution in [3.63, 3.8) is 0 Å². The van der Waals surface area contributed by atoms with Gasteiger partial charge in [-0.3, -0.25) is 19.5 Å². The van der Waals surface area contributed by atoms with Gasteiger partial charge in [-0.25, -0.2) is 0 Å². The number of aromatic nitrogens is 1. The normalized spacial score (nSPS) is 12.9. The van der Waals surface area contributed by atoms with Gasteiger partial charge < -0.3 is 5.32 Å². The number of nitrogens with zero attached hydrogens (tertiary/aromatic N) is 2. The van der Waals surface area contributed by atoms with Gasteiger partial charge in [0.1, 0.15) is 6.04 Å². The molecule has 1 heterocycles. The molecule has 0 spiro atoms. The van der Waals surface area contributed by atoms with Gasteiger partial charge in [0.05, 0.1) is 6.04 Å². The van der Waals surface area contributed by atoms with E-state index < -0.39 is 6.04 Å². The molecular formula is C32H31N3O2. The second kappa shape index (κ2) is 12.0. The topological polar surface area (TPSA) is 62.3 Å². The summed E-state index contributed by atoms with van der Waals surface area (Å²) in [6.45, 7) is 5.52. The van der Waals surface area contributed by atoms with E-state index in [1.54, 1.807) is 36.4 Å². The Labute approximate surface area is 218 Å². The van der Waals surface area contributed by atoms with Gasteiger partial charge in [-0.1, -0.05) is 84.9 Å². The standard InChI is InChI=1S/C32H31N3O2/c1-4-23(2)32(37)35(29-19-17-27(18-20-29)26-14-9-6-10-15-26)30(28-16-11-21-33-22-28)31(36)34-24(3)25-12-7-5-8-13-25/h4-22,24,30H,1-3H3,(H,34,36)/b23-4+/t24-,30?/m0/s1.